The van der Waals surface area contributed by atoms with Crippen molar-refractivity contribution >= 4 is 48.2 Å². The van der Waals surface area contributed by atoms with Crippen molar-refractivity contribution in [3.63, 3.8) is 0 Å². The molecule has 2 heterocycles. The van der Waals surface area contributed by atoms with E-state index in [1.807, 2.05) is 0 Å². The number of aromatic carboxylic acids is 1. The summed E-state index contributed by atoms with van der Waals surface area (Å²) in [5.74, 6) is -0.993. The minimum Gasteiger partial charge on any atom is -0.477 e. The van der Waals surface area contributed by atoms with Gasteiger partial charge in [0.25, 0.3) is 0 Å². The maximum atomic E-state index is 10.5. The molecule has 2 N–H and O–H groups in total. The Hall–Kier alpha value is -1.86. The number of carboxylic acids is 1. The van der Waals surface area contributed by atoms with Gasteiger partial charge in [-0.15, -0.1) is 24.8 Å². The van der Waals surface area contributed by atoms with Crippen molar-refractivity contribution in [3.8, 4) is 0 Å². The van der Waals surface area contributed by atoms with Gasteiger partial charge in [0, 0.05) is 25.7 Å². The third kappa shape index (κ3) is 6.03. The zero-order chi connectivity index (χ0) is 12.8. The van der Waals surface area contributed by atoms with Crippen LogP contribution in [0.3, 0.4) is 0 Å². The Morgan fingerprint density at radius 2 is 2.00 bits per heavy atom. The zero-order valence-corrected chi connectivity index (χ0v) is 11.9. The number of fused-ring (bicyclic) bond motifs is 1. The number of aromatic amines is 1. The number of amides is 1. The number of H-pyrrole nitrogens is 1. The van der Waals surface area contributed by atoms with Gasteiger partial charge in [0.05, 0.1) is 0 Å². The fourth-order valence-electron chi connectivity index (χ4n) is 0.985. The van der Waals surface area contributed by atoms with Crippen molar-refractivity contribution in [1.82, 2.24) is 19.9 Å². The van der Waals surface area contributed by atoms with Crippen LogP contribution in [0.25, 0.3) is 11.0 Å². The number of nitrogens with one attached hydrogen (secondary N) is 1. The molecule has 0 radical (unpaired) electrons. The molecule has 0 bridgehead atoms. The van der Waals surface area contributed by atoms with Crippen LogP contribution in [0, 0.1) is 0 Å². The molecule has 0 spiro atoms. The van der Waals surface area contributed by atoms with E-state index in [0.717, 1.165) is 6.41 Å². The Bertz CT molecular complexity index is 497. The molecule has 1 amide bonds. The van der Waals surface area contributed by atoms with Gasteiger partial charge in [-0.1, -0.05) is 0 Å². The van der Waals surface area contributed by atoms with Crippen molar-refractivity contribution in [2.75, 3.05) is 14.1 Å². The molecule has 0 unspecified atom stereocenters. The summed E-state index contributed by atoms with van der Waals surface area (Å²) in [5.41, 5.74) is 0.674. The average Bonchev–Trinajstić information content (AvgIpc) is 2.73. The molecular weight excluding hydrogens is 295 g/mol. The topological polar surface area (TPSA) is 99.2 Å². The molecule has 0 fully saturated rings. The van der Waals surface area contributed by atoms with E-state index in [9.17, 15) is 9.59 Å². The highest BCUT2D eigenvalue weighted by Gasteiger charge is 2.06. The number of halogens is 2. The predicted octanol–water partition coefficient (Wildman–Crippen LogP) is 1.20. The van der Waals surface area contributed by atoms with E-state index in [-0.39, 0.29) is 30.5 Å². The molecule has 0 aliphatic heterocycles. The summed E-state index contributed by atoms with van der Waals surface area (Å²) in [6.45, 7) is 0. The number of carbonyl (C=O) groups is 2. The van der Waals surface area contributed by atoms with E-state index < -0.39 is 5.97 Å². The number of nitrogens with zero attached hydrogens (tertiary/aromatic N) is 3. The van der Waals surface area contributed by atoms with Crippen LogP contribution in [-0.2, 0) is 4.79 Å². The van der Waals surface area contributed by atoms with Crippen LogP contribution in [0.2, 0.25) is 0 Å². The van der Waals surface area contributed by atoms with Crippen LogP contribution in [0.5, 0.6) is 0 Å². The zero-order valence-electron chi connectivity index (χ0n) is 10.2. The summed E-state index contributed by atoms with van der Waals surface area (Å²) in [7, 11) is 3.38. The summed E-state index contributed by atoms with van der Waals surface area (Å²) in [4.78, 5) is 31.6. The average molecular weight is 309 g/mol. The molecular formula is C10H14Cl2N4O3. The number of carbonyl (C=O) groups excluding carboxylic acids is 1. The first-order valence-electron chi connectivity index (χ1n) is 4.68. The number of hydrogen-bond donors (Lipinski definition) is 2. The SMILES string of the molecule is CN(C)C=O.Cl.Cl.O=C(O)c1cc2cncnc2[nH]1. The minimum absolute atomic E-state index is 0. The lowest BCUT2D eigenvalue weighted by Crippen LogP contribution is -2.06. The highest BCUT2D eigenvalue weighted by Crippen LogP contribution is 2.10. The Labute approximate surface area is 121 Å². The molecule has 7 nitrogen and oxygen atoms in total. The van der Waals surface area contributed by atoms with Crippen LogP contribution in [-0.4, -0.2) is 51.4 Å². The van der Waals surface area contributed by atoms with Crippen LogP contribution < -0.4 is 0 Å². The molecule has 0 aliphatic rings. The number of carboxylic acid groups (broad SMARTS) is 1. The van der Waals surface area contributed by atoms with Gasteiger partial charge < -0.3 is 15.0 Å². The summed E-state index contributed by atoms with van der Waals surface area (Å²) >= 11 is 0. The second kappa shape index (κ2) is 9.12. The van der Waals surface area contributed by atoms with Gasteiger partial charge in [-0.2, -0.15) is 0 Å². The maximum absolute atomic E-state index is 10.5. The van der Waals surface area contributed by atoms with Gasteiger partial charge in [-0.3, -0.25) is 4.79 Å². The number of aromatic nitrogens is 3. The highest BCUT2D eigenvalue weighted by atomic mass is 35.5. The van der Waals surface area contributed by atoms with Crippen molar-refractivity contribution in [2.45, 2.75) is 0 Å². The summed E-state index contributed by atoms with van der Waals surface area (Å²) < 4.78 is 0. The molecule has 106 valence electrons. The summed E-state index contributed by atoms with van der Waals surface area (Å²) in [6, 6.07) is 1.50. The highest BCUT2D eigenvalue weighted by molar-refractivity contribution is 5.92. The van der Waals surface area contributed by atoms with Crippen LogP contribution in [0.4, 0.5) is 0 Å². The fourth-order valence-corrected chi connectivity index (χ4v) is 0.985. The lowest BCUT2D eigenvalue weighted by molar-refractivity contribution is -0.115. The van der Waals surface area contributed by atoms with Gasteiger partial charge in [0.15, 0.2) is 0 Å². The lowest BCUT2D eigenvalue weighted by Gasteiger charge is -1.93. The van der Waals surface area contributed by atoms with Gasteiger partial charge in [0.2, 0.25) is 6.41 Å². The molecule has 2 rings (SSSR count). The largest absolute Gasteiger partial charge is 0.477 e. The molecule has 0 atom stereocenters. The Morgan fingerprint density at radius 1 is 1.42 bits per heavy atom. The molecule has 2 aromatic heterocycles. The van der Waals surface area contributed by atoms with Crippen molar-refractivity contribution in [2.24, 2.45) is 0 Å². The first-order chi connectivity index (χ1) is 8.04. The van der Waals surface area contributed by atoms with Crippen molar-refractivity contribution in [1.29, 1.82) is 0 Å². The van der Waals surface area contributed by atoms with E-state index in [1.54, 1.807) is 20.3 Å². The van der Waals surface area contributed by atoms with E-state index in [0.29, 0.717) is 11.0 Å². The van der Waals surface area contributed by atoms with Crippen LogP contribution >= 0.6 is 24.8 Å². The quantitative estimate of drug-likeness (QED) is 0.812. The maximum Gasteiger partial charge on any atom is 0.352 e. The summed E-state index contributed by atoms with van der Waals surface area (Å²) in [5, 5.41) is 9.31. The van der Waals surface area contributed by atoms with E-state index in [4.69, 9.17) is 5.11 Å². The number of rotatable bonds is 2. The van der Waals surface area contributed by atoms with Gasteiger partial charge in [-0.25, -0.2) is 14.8 Å². The predicted molar refractivity (Wildman–Crippen MR) is 75.1 cm³/mol. The fraction of sp³-hybridized carbons (Fsp3) is 0.200. The molecule has 0 saturated heterocycles. The smallest absolute Gasteiger partial charge is 0.352 e. The van der Waals surface area contributed by atoms with Gasteiger partial charge in [-0.05, 0) is 6.07 Å². The van der Waals surface area contributed by atoms with Crippen molar-refractivity contribution in [3.05, 3.63) is 24.3 Å². The normalized spacial score (nSPS) is 8.32. The Kier molecular flexibility index (Phi) is 9.35. The minimum atomic E-state index is -0.993. The second-order valence-electron chi connectivity index (χ2n) is 3.38. The van der Waals surface area contributed by atoms with Gasteiger partial charge >= 0.3 is 5.97 Å². The molecule has 0 aromatic carbocycles. The van der Waals surface area contributed by atoms with E-state index in [2.05, 4.69) is 15.0 Å². The molecule has 19 heavy (non-hydrogen) atoms. The molecule has 9 heteroatoms. The van der Waals surface area contributed by atoms with E-state index in [1.165, 1.54) is 17.3 Å². The van der Waals surface area contributed by atoms with Gasteiger partial charge in [0.1, 0.15) is 17.7 Å². The summed E-state index contributed by atoms with van der Waals surface area (Å²) in [6.07, 6.45) is 3.68. The first kappa shape index (κ1) is 19.5. The third-order valence-corrected chi connectivity index (χ3v) is 1.73. The van der Waals surface area contributed by atoms with E-state index >= 15 is 0 Å². The Balaban J connectivity index is 0. The second-order valence-corrected chi connectivity index (χ2v) is 3.38. The monoisotopic (exact) mass is 308 g/mol. The standard InChI is InChI=1S/C7H5N3O2.C3H7NO.2ClH/c11-7(12)5-1-4-2-8-3-9-6(4)10-5;1-4(2)3-5;;/h1-3H,(H,11,12)(H,8,9,10);3H,1-2H3;2*1H. The first-order valence-corrected chi connectivity index (χ1v) is 4.68. The molecule has 0 saturated carbocycles. The van der Waals surface area contributed by atoms with Crippen molar-refractivity contribution < 1.29 is 14.7 Å². The van der Waals surface area contributed by atoms with Crippen LogP contribution in [0.1, 0.15) is 10.5 Å². The third-order valence-electron chi connectivity index (χ3n) is 1.73. The lowest BCUT2D eigenvalue weighted by atomic mass is 10.4. The molecule has 0 aliphatic carbocycles. The Morgan fingerprint density at radius 3 is 2.42 bits per heavy atom. The number of hydrogen-bond acceptors (Lipinski definition) is 4. The van der Waals surface area contributed by atoms with Crippen LogP contribution in [0.15, 0.2) is 18.6 Å². The molecule has 2 aromatic rings.